The number of aliphatic hydroxyl groups is 1. The lowest BCUT2D eigenvalue weighted by Gasteiger charge is -2.22. The quantitative estimate of drug-likeness (QED) is 0.760. The van der Waals surface area contributed by atoms with Crippen LogP contribution in [0.1, 0.15) is 46.6 Å². The van der Waals surface area contributed by atoms with Gasteiger partial charge in [-0.3, -0.25) is 4.79 Å². The molecule has 24 heavy (non-hydrogen) atoms. The summed E-state index contributed by atoms with van der Waals surface area (Å²) in [6.45, 7) is 4.04. The molecule has 3 N–H and O–H groups in total. The molecule has 1 aliphatic heterocycles. The summed E-state index contributed by atoms with van der Waals surface area (Å²) < 4.78 is 1.77. The minimum absolute atomic E-state index is 0.141. The van der Waals surface area contributed by atoms with Crippen molar-refractivity contribution in [3.05, 3.63) is 47.3 Å². The number of carbonyl (C=O) groups is 1. The summed E-state index contributed by atoms with van der Waals surface area (Å²) >= 11 is 0. The Labute approximate surface area is 141 Å². The Balaban J connectivity index is 1.55. The number of rotatable bonds is 5. The molecule has 0 spiro atoms. The Morgan fingerprint density at radius 1 is 1.38 bits per heavy atom. The first-order valence-corrected chi connectivity index (χ1v) is 8.29. The molecule has 0 radical (unpaired) electrons. The van der Waals surface area contributed by atoms with Gasteiger partial charge in [-0.2, -0.15) is 0 Å². The Morgan fingerprint density at radius 2 is 2.08 bits per heavy atom. The molecule has 0 bridgehead atoms. The molecule has 1 atom stereocenters. The van der Waals surface area contributed by atoms with E-state index >= 15 is 0 Å². The molecule has 1 fully saturated rings. The lowest BCUT2D eigenvalue weighted by molar-refractivity contribution is 0.0911. The average molecular weight is 329 g/mol. The molecule has 1 amide bonds. The Hall–Kier alpha value is -2.25. The van der Waals surface area contributed by atoms with Crippen LogP contribution in [0.2, 0.25) is 0 Å². The third-order valence-electron chi connectivity index (χ3n) is 4.34. The van der Waals surface area contributed by atoms with Crippen LogP contribution in [-0.4, -0.2) is 45.6 Å². The molecule has 7 heteroatoms. The van der Waals surface area contributed by atoms with E-state index in [0.29, 0.717) is 6.04 Å². The first-order chi connectivity index (χ1) is 11.6. The summed E-state index contributed by atoms with van der Waals surface area (Å²) in [6.07, 6.45) is 2.91. The fourth-order valence-corrected chi connectivity index (χ4v) is 2.82. The first kappa shape index (κ1) is 16.6. The fourth-order valence-electron chi connectivity index (χ4n) is 2.82. The maximum absolute atomic E-state index is 12.2. The summed E-state index contributed by atoms with van der Waals surface area (Å²) in [5.74, 6) is -0.318. The van der Waals surface area contributed by atoms with E-state index in [1.54, 1.807) is 10.9 Å². The topological polar surface area (TPSA) is 92.1 Å². The van der Waals surface area contributed by atoms with Crippen molar-refractivity contribution < 1.29 is 9.90 Å². The second kappa shape index (κ2) is 7.55. The van der Waals surface area contributed by atoms with Crippen molar-refractivity contribution in [2.24, 2.45) is 0 Å². The Morgan fingerprint density at radius 3 is 2.79 bits per heavy atom. The first-order valence-electron chi connectivity index (χ1n) is 8.29. The second-order valence-corrected chi connectivity index (χ2v) is 6.20. The molecule has 128 valence electrons. The number of hydrogen-bond acceptors (Lipinski definition) is 5. The number of nitrogens with zero attached hydrogens (tertiary/aromatic N) is 3. The SMILES string of the molecule is Cc1ccc(C(O)CNC(=O)c2cn(C3CCNCC3)nn2)cc1. The van der Waals surface area contributed by atoms with Crippen LogP contribution in [0.4, 0.5) is 0 Å². The molecule has 7 nitrogen and oxygen atoms in total. The standard InChI is InChI=1S/C17H23N5O2/c1-12-2-4-13(5-3-12)16(23)10-19-17(24)15-11-22(21-20-15)14-6-8-18-9-7-14/h2-5,11,14,16,18,23H,6-10H2,1H3,(H,19,24). The summed E-state index contributed by atoms with van der Waals surface area (Å²) in [5.41, 5.74) is 2.19. The van der Waals surface area contributed by atoms with Crippen LogP contribution < -0.4 is 10.6 Å². The predicted octanol–water partition coefficient (Wildman–Crippen LogP) is 0.974. The molecule has 1 saturated heterocycles. The van der Waals surface area contributed by atoms with Crippen molar-refractivity contribution >= 4 is 5.91 Å². The van der Waals surface area contributed by atoms with Crippen molar-refractivity contribution in [3.8, 4) is 0 Å². The van der Waals surface area contributed by atoms with Crippen LogP contribution in [0.5, 0.6) is 0 Å². The van der Waals surface area contributed by atoms with E-state index in [1.807, 2.05) is 31.2 Å². The normalized spacial score (nSPS) is 16.8. The van der Waals surface area contributed by atoms with Gasteiger partial charge in [0.2, 0.25) is 0 Å². The number of aromatic nitrogens is 3. The Kier molecular flexibility index (Phi) is 5.22. The zero-order valence-corrected chi connectivity index (χ0v) is 13.8. The van der Waals surface area contributed by atoms with Gasteiger partial charge in [-0.15, -0.1) is 5.10 Å². The minimum atomic E-state index is -0.742. The van der Waals surface area contributed by atoms with Gasteiger partial charge in [-0.05, 0) is 38.4 Å². The lowest BCUT2D eigenvalue weighted by atomic mass is 10.1. The van der Waals surface area contributed by atoms with Crippen LogP contribution in [0.3, 0.4) is 0 Å². The molecule has 1 aromatic heterocycles. The third-order valence-corrected chi connectivity index (χ3v) is 4.34. The summed E-state index contributed by atoms with van der Waals surface area (Å²) in [7, 11) is 0. The van der Waals surface area contributed by atoms with Crippen molar-refractivity contribution in [2.45, 2.75) is 31.9 Å². The molecule has 3 rings (SSSR count). The highest BCUT2D eigenvalue weighted by Crippen LogP contribution is 2.17. The highest BCUT2D eigenvalue weighted by atomic mass is 16.3. The number of hydrogen-bond donors (Lipinski definition) is 3. The molecule has 1 aromatic carbocycles. The van der Waals surface area contributed by atoms with Crippen LogP contribution in [0.25, 0.3) is 0 Å². The number of benzene rings is 1. The van der Waals surface area contributed by atoms with Crippen LogP contribution >= 0.6 is 0 Å². The highest BCUT2D eigenvalue weighted by Gasteiger charge is 2.19. The van der Waals surface area contributed by atoms with Gasteiger partial charge in [0.25, 0.3) is 5.91 Å². The van der Waals surface area contributed by atoms with Crippen LogP contribution in [0, 0.1) is 6.92 Å². The van der Waals surface area contributed by atoms with Crippen molar-refractivity contribution in [1.29, 1.82) is 0 Å². The van der Waals surface area contributed by atoms with Gasteiger partial charge in [-0.25, -0.2) is 4.68 Å². The lowest BCUT2D eigenvalue weighted by Crippen LogP contribution is -2.30. The number of amides is 1. The van der Waals surface area contributed by atoms with Crippen LogP contribution in [0.15, 0.2) is 30.5 Å². The third kappa shape index (κ3) is 3.98. The number of carbonyl (C=O) groups excluding carboxylic acids is 1. The minimum Gasteiger partial charge on any atom is -0.387 e. The zero-order chi connectivity index (χ0) is 16.9. The maximum atomic E-state index is 12.2. The largest absolute Gasteiger partial charge is 0.387 e. The van der Waals surface area contributed by atoms with Crippen molar-refractivity contribution in [1.82, 2.24) is 25.6 Å². The van der Waals surface area contributed by atoms with Gasteiger partial charge >= 0.3 is 0 Å². The average Bonchev–Trinajstić information content (AvgIpc) is 3.11. The second-order valence-electron chi connectivity index (χ2n) is 6.20. The van der Waals surface area contributed by atoms with E-state index in [2.05, 4.69) is 20.9 Å². The summed E-state index contributed by atoms with van der Waals surface area (Å²) in [6, 6.07) is 7.88. The van der Waals surface area contributed by atoms with Crippen LogP contribution in [-0.2, 0) is 0 Å². The molecule has 0 saturated carbocycles. The fraction of sp³-hybridized carbons (Fsp3) is 0.471. The van der Waals surface area contributed by atoms with Gasteiger partial charge in [0, 0.05) is 6.54 Å². The van der Waals surface area contributed by atoms with Gasteiger partial charge in [-0.1, -0.05) is 35.0 Å². The number of aliphatic hydroxyl groups excluding tert-OH is 1. The van der Waals surface area contributed by atoms with Gasteiger partial charge in [0.1, 0.15) is 0 Å². The van der Waals surface area contributed by atoms with Crippen molar-refractivity contribution in [2.75, 3.05) is 19.6 Å². The van der Waals surface area contributed by atoms with E-state index in [-0.39, 0.29) is 18.1 Å². The van der Waals surface area contributed by atoms with E-state index < -0.39 is 6.10 Å². The number of nitrogens with one attached hydrogen (secondary N) is 2. The zero-order valence-electron chi connectivity index (χ0n) is 13.8. The molecule has 1 unspecified atom stereocenters. The predicted molar refractivity (Wildman–Crippen MR) is 89.6 cm³/mol. The van der Waals surface area contributed by atoms with E-state index in [4.69, 9.17) is 0 Å². The molecular formula is C17H23N5O2. The summed E-state index contributed by atoms with van der Waals surface area (Å²) in [5, 5.41) is 24.2. The molecule has 1 aliphatic rings. The number of piperidine rings is 1. The highest BCUT2D eigenvalue weighted by molar-refractivity contribution is 5.91. The van der Waals surface area contributed by atoms with Gasteiger partial charge in [0.15, 0.2) is 5.69 Å². The van der Waals surface area contributed by atoms with Gasteiger partial charge in [0.05, 0.1) is 18.3 Å². The molecule has 2 heterocycles. The van der Waals surface area contributed by atoms with E-state index in [1.165, 1.54) is 0 Å². The monoisotopic (exact) mass is 329 g/mol. The molecular weight excluding hydrogens is 306 g/mol. The van der Waals surface area contributed by atoms with E-state index in [9.17, 15) is 9.90 Å². The molecule has 2 aromatic rings. The van der Waals surface area contributed by atoms with Gasteiger partial charge < -0.3 is 15.7 Å². The maximum Gasteiger partial charge on any atom is 0.273 e. The van der Waals surface area contributed by atoms with E-state index in [0.717, 1.165) is 37.1 Å². The Bertz CT molecular complexity index is 677. The smallest absolute Gasteiger partial charge is 0.273 e. The molecule has 0 aliphatic carbocycles. The number of aryl methyl sites for hydroxylation is 1. The summed E-state index contributed by atoms with van der Waals surface area (Å²) in [4.78, 5) is 12.2. The van der Waals surface area contributed by atoms with Crippen molar-refractivity contribution in [3.63, 3.8) is 0 Å².